The number of rotatable bonds is 7. The van der Waals surface area contributed by atoms with E-state index in [9.17, 15) is 0 Å². The lowest BCUT2D eigenvalue weighted by atomic mass is 9.82. The summed E-state index contributed by atoms with van der Waals surface area (Å²) in [4.78, 5) is 2.45. The maximum absolute atomic E-state index is 2.45. The molecule has 0 aliphatic heterocycles. The molecule has 0 amide bonds. The van der Waals surface area contributed by atoms with Gasteiger partial charge in [-0.05, 0) is 108 Å². The Morgan fingerprint density at radius 1 is 0.339 bits per heavy atom. The molecule has 0 N–H and O–H groups in total. The molecule has 9 aromatic rings. The van der Waals surface area contributed by atoms with Crippen molar-refractivity contribution in [3.05, 3.63) is 223 Å². The van der Waals surface area contributed by atoms with Gasteiger partial charge in [0, 0.05) is 22.4 Å². The van der Waals surface area contributed by atoms with Crippen molar-refractivity contribution in [1.82, 2.24) is 0 Å². The first-order chi connectivity index (χ1) is 27.5. The predicted octanol–water partition coefficient (Wildman–Crippen LogP) is 15.3. The number of benzene rings is 9. The van der Waals surface area contributed by atoms with Gasteiger partial charge >= 0.3 is 0 Å². The topological polar surface area (TPSA) is 3.24 Å². The molecule has 266 valence electrons. The van der Waals surface area contributed by atoms with E-state index in [2.05, 4.69) is 231 Å². The zero-order valence-electron chi connectivity index (χ0n) is 31.7. The molecule has 0 saturated heterocycles. The Bertz CT molecular complexity index is 2860. The zero-order valence-corrected chi connectivity index (χ0v) is 31.7. The SMILES string of the molecule is CC1(C)c2ccccc2-c2c(N(c3ccc(-c4ccc(-c5cccc6ccccc56)cc4)cc3)c3cccc(-c4cccc(-c5ccccc5)c4)c3)cccc21. The van der Waals surface area contributed by atoms with Crippen LogP contribution < -0.4 is 4.90 Å². The van der Waals surface area contributed by atoms with E-state index >= 15 is 0 Å². The summed E-state index contributed by atoms with van der Waals surface area (Å²) in [7, 11) is 0. The van der Waals surface area contributed by atoms with Crippen molar-refractivity contribution in [1.29, 1.82) is 0 Å². The van der Waals surface area contributed by atoms with Crippen LogP contribution in [0.4, 0.5) is 17.1 Å². The fourth-order valence-corrected chi connectivity index (χ4v) is 8.80. The van der Waals surface area contributed by atoms with Crippen molar-refractivity contribution in [2.45, 2.75) is 19.3 Å². The number of nitrogens with zero attached hydrogens (tertiary/aromatic N) is 1. The summed E-state index contributed by atoms with van der Waals surface area (Å²) in [5.41, 5.74) is 18.3. The fraction of sp³-hybridized carbons (Fsp3) is 0.0545. The lowest BCUT2D eigenvalue weighted by Gasteiger charge is -2.29. The molecule has 0 atom stereocenters. The highest BCUT2D eigenvalue weighted by molar-refractivity contribution is 5.98. The minimum absolute atomic E-state index is 0.102. The summed E-state index contributed by atoms with van der Waals surface area (Å²) in [6.07, 6.45) is 0. The molecule has 0 unspecified atom stereocenters. The van der Waals surface area contributed by atoms with E-state index < -0.39 is 0 Å². The van der Waals surface area contributed by atoms with Crippen LogP contribution in [0.2, 0.25) is 0 Å². The molecular weight excluding hydrogens is 675 g/mol. The first-order valence-electron chi connectivity index (χ1n) is 19.5. The molecule has 1 nitrogen and oxygen atoms in total. The van der Waals surface area contributed by atoms with Crippen LogP contribution >= 0.6 is 0 Å². The van der Waals surface area contributed by atoms with E-state index in [0.717, 1.165) is 11.4 Å². The largest absolute Gasteiger partial charge is 0.310 e. The van der Waals surface area contributed by atoms with Gasteiger partial charge < -0.3 is 4.90 Å². The molecule has 0 bridgehead atoms. The summed E-state index contributed by atoms with van der Waals surface area (Å²) in [5, 5.41) is 2.54. The second-order valence-electron chi connectivity index (χ2n) is 15.4. The highest BCUT2D eigenvalue weighted by atomic mass is 15.1. The predicted molar refractivity (Wildman–Crippen MR) is 238 cm³/mol. The van der Waals surface area contributed by atoms with Gasteiger partial charge in [-0.3, -0.25) is 0 Å². The molecule has 0 saturated carbocycles. The summed E-state index contributed by atoms with van der Waals surface area (Å²) in [5.74, 6) is 0. The van der Waals surface area contributed by atoms with Crippen molar-refractivity contribution in [2.75, 3.05) is 4.90 Å². The van der Waals surface area contributed by atoms with Crippen molar-refractivity contribution in [2.24, 2.45) is 0 Å². The number of anilines is 3. The van der Waals surface area contributed by atoms with Gasteiger partial charge in [0.1, 0.15) is 0 Å². The second-order valence-corrected chi connectivity index (χ2v) is 15.4. The van der Waals surface area contributed by atoms with Crippen LogP contribution in [0.5, 0.6) is 0 Å². The van der Waals surface area contributed by atoms with Gasteiger partial charge in [-0.1, -0.05) is 190 Å². The molecular formula is C55H41N. The molecule has 1 aliphatic rings. The van der Waals surface area contributed by atoms with E-state index in [-0.39, 0.29) is 5.41 Å². The summed E-state index contributed by atoms with van der Waals surface area (Å²) >= 11 is 0. The minimum Gasteiger partial charge on any atom is -0.310 e. The van der Waals surface area contributed by atoms with E-state index in [0.29, 0.717) is 0 Å². The van der Waals surface area contributed by atoms with Crippen LogP contribution in [0.15, 0.2) is 212 Å². The van der Waals surface area contributed by atoms with Gasteiger partial charge in [0.25, 0.3) is 0 Å². The Labute approximate surface area is 329 Å². The standard InChI is InChI=1S/C55H41N/c1-55(2)51-25-9-8-23-50(51)54-52(55)26-13-27-53(54)56(47-21-11-20-45(37-47)44-19-10-18-43(36-44)38-14-4-3-5-15-38)46-34-32-40(33-35-46)39-28-30-42(31-29-39)49-24-12-17-41-16-6-7-22-48(41)49/h3-37H,1-2H3. The quantitative estimate of drug-likeness (QED) is 0.159. The van der Waals surface area contributed by atoms with Crippen LogP contribution in [-0.4, -0.2) is 0 Å². The van der Waals surface area contributed by atoms with Crippen LogP contribution in [0.3, 0.4) is 0 Å². The summed E-state index contributed by atoms with van der Waals surface area (Å²) in [6, 6.07) is 77.5. The monoisotopic (exact) mass is 715 g/mol. The molecule has 0 heterocycles. The molecule has 56 heavy (non-hydrogen) atoms. The van der Waals surface area contributed by atoms with Crippen molar-refractivity contribution >= 4 is 27.8 Å². The zero-order chi connectivity index (χ0) is 37.6. The molecule has 9 aromatic carbocycles. The third-order valence-electron chi connectivity index (χ3n) is 11.7. The number of hydrogen-bond donors (Lipinski definition) is 0. The van der Waals surface area contributed by atoms with E-state index in [1.807, 2.05) is 0 Å². The van der Waals surface area contributed by atoms with Crippen LogP contribution in [0.25, 0.3) is 66.4 Å². The highest BCUT2D eigenvalue weighted by Gasteiger charge is 2.37. The molecule has 1 aliphatic carbocycles. The molecule has 10 rings (SSSR count). The van der Waals surface area contributed by atoms with E-state index in [4.69, 9.17) is 0 Å². The Hall–Kier alpha value is -6.96. The first kappa shape index (κ1) is 33.6. The van der Waals surface area contributed by atoms with Gasteiger partial charge in [0.05, 0.1) is 5.69 Å². The van der Waals surface area contributed by atoms with Gasteiger partial charge in [0.15, 0.2) is 0 Å². The van der Waals surface area contributed by atoms with Crippen LogP contribution in [0, 0.1) is 0 Å². The van der Waals surface area contributed by atoms with Crippen molar-refractivity contribution < 1.29 is 0 Å². The molecule has 0 spiro atoms. The molecule has 0 aromatic heterocycles. The molecule has 0 radical (unpaired) electrons. The van der Waals surface area contributed by atoms with Gasteiger partial charge in [-0.25, -0.2) is 0 Å². The Balaban J connectivity index is 1.07. The second kappa shape index (κ2) is 13.7. The number of hydrogen-bond acceptors (Lipinski definition) is 1. The fourth-order valence-electron chi connectivity index (χ4n) is 8.80. The van der Waals surface area contributed by atoms with Crippen molar-refractivity contribution in [3.63, 3.8) is 0 Å². The van der Waals surface area contributed by atoms with Gasteiger partial charge in [-0.2, -0.15) is 0 Å². The summed E-state index contributed by atoms with van der Waals surface area (Å²) in [6.45, 7) is 4.71. The average molecular weight is 716 g/mol. The van der Waals surface area contributed by atoms with Gasteiger partial charge in [-0.15, -0.1) is 0 Å². The average Bonchev–Trinajstić information content (AvgIpc) is 3.50. The maximum atomic E-state index is 2.45. The minimum atomic E-state index is -0.102. The molecule has 1 heteroatoms. The third kappa shape index (κ3) is 5.81. The van der Waals surface area contributed by atoms with Crippen molar-refractivity contribution in [3.8, 4) is 55.6 Å². The number of fused-ring (bicyclic) bond motifs is 4. The van der Waals surface area contributed by atoms with E-state index in [1.165, 1.54) is 83.2 Å². The Morgan fingerprint density at radius 2 is 0.857 bits per heavy atom. The van der Waals surface area contributed by atoms with Crippen LogP contribution in [-0.2, 0) is 5.41 Å². The Kier molecular flexibility index (Phi) is 8.23. The third-order valence-corrected chi connectivity index (χ3v) is 11.7. The molecule has 0 fully saturated rings. The lowest BCUT2D eigenvalue weighted by molar-refractivity contribution is 0.660. The van der Waals surface area contributed by atoms with E-state index in [1.54, 1.807) is 0 Å². The normalized spacial score (nSPS) is 12.6. The van der Waals surface area contributed by atoms with Gasteiger partial charge in [0.2, 0.25) is 0 Å². The summed E-state index contributed by atoms with van der Waals surface area (Å²) < 4.78 is 0. The Morgan fingerprint density at radius 3 is 1.66 bits per heavy atom. The first-order valence-corrected chi connectivity index (χ1v) is 19.5. The smallest absolute Gasteiger partial charge is 0.0543 e. The lowest BCUT2D eigenvalue weighted by Crippen LogP contribution is -2.16. The van der Waals surface area contributed by atoms with Crippen LogP contribution in [0.1, 0.15) is 25.0 Å². The highest BCUT2D eigenvalue weighted by Crippen LogP contribution is 2.54. The maximum Gasteiger partial charge on any atom is 0.0543 e.